The molecule has 0 saturated carbocycles. The molecule has 8 nitrogen and oxygen atoms in total. The first-order valence-electron chi connectivity index (χ1n) is 11.6. The molecule has 2 heterocycles. The molecule has 1 saturated heterocycles. The van der Waals surface area contributed by atoms with Crippen LogP contribution in [0.25, 0.3) is 22.4 Å². The van der Waals surface area contributed by atoms with Crippen molar-refractivity contribution in [2.75, 3.05) is 19.4 Å². The van der Waals surface area contributed by atoms with Gasteiger partial charge in [-0.2, -0.15) is 0 Å². The second kappa shape index (κ2) is 10.2. The third-order valence-corrected chi connectivity index (χ3v) is 6.33. The molecule has 35 heavy (non-hydrogen) atoms. The lowest BCUT2D eigenvalue weighted by Gasteiger charge is -2.29. The summed E-state index contributed by atoms with van der Waals surface area (Å²) in [5.74, 6) is 0.0763. The molecule has 1 fully saturated rings. The Morgan fingerprint density at radius 2 is 1.91 bits per heavy atom. The Kier molecular flexibility index (Phi) is 7.04. The largest absolute Gasteiger partial charge is 0.453 e. The number of likely N-dealkylation sites (tertiary alicyclic amines) is 1. The SMILES string of the molecule is COC(=O)N[C@H](C(=O)N1CCCC1c1nc(-c2ccc(-c3ccc(N)cc3F)cc2)c[nH]1)C(C)C. The van der Waals surface area contributed by atoms with Crippen LogP contribution >= 0.6 is 0 Å². The molecule has 0 radical (unpaired) electrons. The summed E-state index contributed by atoms with van der Waals surface area (Å²) < 4.78 is 19.0. The molecule has 1 aliphatic rings. The van der Waals surface area contributed by atoms with E-state index < -0.39 is 12.1 Å². The number of hydrogen-bond acceptors (Lipinski definition) is 5. The zero-order valence-electron chi connectivity index (χ0n) is 20.0. The van der Waals surface area contributed by atoms with Gasteiger partial charge in [-0.15, -0.1) is 0 Å². The number of aromatic amines is 1. The van der Waals surface area contributed by atoms with Gasteiger partial charge in [0.1, 0.15) is 17.7 Å². The summed E-state index contributed by atoms with van der Waals surface area (Å²) in [4.78, 5) is 34.8. The van der Waals surface area contributed by atoms with Crippen LogP contribution in [0.5, 0.6) is 0 Å². The Hall–Kier alpha value is -3.88. The molecule has 1 aromatic heterocycles. The number of amides is 2. The van der Waals surface area contributed by atoms with Gasteiger partial charge in [-0.3, -0.25) is 4.79 Å². The zero-order chi connectivity index (χ0) is 25.1. The fraction of sp³-hybridized carbons (Fsp3) is 0.346. The first-order valence-corrected chi connectivity index (χ1v) is 11.6. The lowest BCUT2D eigenvalue weighted by Crippen LogP contribution is -2.51. The van der Waals surface area contributed by atoms with E-state index in [1.54, 1.807) is 17.0 Å². The molecule has 2 amide bonds. The quantitative estimate of drug-likeness (QED) is 0.450. The fourth-order valence-corrected chi connectivity index (χ4v) is 4.43. The molecule has 1 unspecified atom stereocenters. The van der Waals surface area contributed by atoms with Crippen LogP contribution in [0.15, 0.2) is 48.7 Å². The summed E-state index contributed by atoms with van der Waals surface area (Å²) in [6.45, 7) is 4.36. The van der Waals surface area contributed by atoms with Crippen molar-refractivity contribution in [1.29, 1.82) is 0 Å². The number of methoxy groups -OCH3 is 1. The maximum absolute atomic E-state index is 14.3. The number of H-pyrrole nitrogens is 1. The number of nitrogen functional groups attached to an aromatic ring is 1. The van der Waals surface area contributed by atoms with Gasteiger partial charge in [-0.25, -0.2) is 14.2 Å². The van der Waals surface area contributed by atoms with Crippen molar-refractivity contribution >= 4 is 17.7 Å². The minimum absolute atomic E-state index is 0.0978. The molecule has 4 rings (SSSR count). The summed E-state index contributed by atoms with van der Waals surface area (Å²) in [7, 11) is 1.28. The molecule has 0 bridgehead atoms. The van der Waals surface area contributed by atoms with E-state index in [1.165, 1.54) is 13.2 Å². The van der Waals surface area contributed by atoms with Crippen LogP contribution in [0.4, 0.5) is 14.9 Å². The van der Waals surface area contributed by atoms with Crippen molar-refractivity contribution in [2.24, 2.45) is 5.92 Å². The highest BCUT2D eigenvalue weighted by Gasteiger charge is 2.37. The Labute approximate surface area is 203 Å². The summed E-state index contributed by atoms with van der Waals surface area (Å²) in [5.41, 5.74) is 8.86. The van der Waals surface area contributed by atoms with E-state index in [-0.39, 0.29) is 23.7 Å². The Morgan fingerprint density at radius 3 is 2.57 bits per heavy atom. The summed E-state index contributed by atoms with van der Waals surface area (Å²) in [6.07, 6.45) is 2.80. The molecule has 2 atom stereocenters. The van der Waals surface area contributed by atoms with E-state index >= 15 is 0 Å². The monoisotopic (exact) mass is 479 g/mol. The van der Waals surface area contributed by atoms with Gasteiger partial charge in [-0.05, 0) is 42.5 Å². The number of carbonyl (C=O) groups is 2. The average molecular weight is 480 g/mol. The lowest BCUT2D eigenvalue weighted by molar-refractivity contribution is -0.135. The van der Waals surface area contributed by atoms with Gasteiger partial charge in [0, 0.05) is 29.6 Å². The molecule has 0 spiro atoms. The van der Waals surface area contributed by atoms with Crippen molar-refractivity contribution in [3.63, 3.8) is 0 Å². The van der Waals surface area contributed by atoms with Crippen molar-refractivity contribution in [1.82, 2.24) is 20.2 Å². The predicted molar refractivity (Wildman–Crippen MR) is 132 cm³/mol. The number of aromatic nitrogens is 2. The number of hydrogen-bond donors (Lipinski definition) is 3. The van der Waals surface area contributed by atoms with Gasteiger partial charge >= 0.3 is 6.09 Å². The number of benzene rings is 2. The number of nitrogens with one attached hydrogen (secondary N) is 2. The van der Waals surface area contributed by atoms with Crippen LogP contribution in [0.3, 0.4) is 0 Å². The topological polar surface area (TPSA) is 113 Å². The van der Waals surface area contributed by atoms with Crippen LogP contribution in [-0.4, -0.2) is 46.6 Å². The van der Waals surface area contributed by atoms with Gasteiger partial charge in [0.25, 0.3) is 0 Å². The van der Waals surface area contributed by atoms with Crippen LogP contribution in [0, 0.1) is 11.7 Å². The number of anilines is 1. The highest BCUT2D eigenvalue weighted by molar-refractivity contribution is 5.86. The third kappa shape index (κ3) is 5.13. The fourth-order valence-electron chi connectivity index (χ4n) is 4.43. The molecule has 0 aliphatic carbocycles. The van der Waals surface area contributed by atoms with Crippen molar-refractivity contribution < 1.29 is 18.7 Å². The van der Waals surface area contributed by atoms with E-state index in [4.69, 9.17) is 15.5 Å². The number of rotatable bonds is 6. The van der Waals surface area contributed by atoms with E-state index in [1.807, 2.05) is 44.3 Å². The Morgan fingerprint density at radius 1 is 1.20 bits per heavy atom. The standard InChI is InChI=1S/C26H30FN5O3/c1-15(2)23(31-26(34)35-3)25(33)32-12-4-5-22(32)24-29-14-21(30-24)17-8-6-16(7-9-17)19-11-10-18(28)13-20(19)27/h6-11,13-15,22-23H,4-5,12,28H2,1-3H3,(H,29,30)(H,31,34)/t22?,23-/m0/s1. The maximum atomic E-state index is 14.3. The summed E-state index contributed by atoms with van der Waals surface area (Å²) in [5, 5.41) is 2.65. The van der Waals surface area contributed by atoms with Crippen molar-refractivity contribution in [2.45, 2.75) is 38.8 Å². The van der Waals surface area contributed by atoms with Gasteiger partial charge in [-0.1, -0.05) is 38.1 Å². The second-order valence-electron chi connectivity index (χ2n) is 9.03. The summed E-state index contributed by atoms with van der Waals surface area (Å²) in [6, 6.07) is 11.2. The molecule has 4 N–H and O–H groups in total. The van der Waals surface area contributed by atoms with Crippen LogP contribution in [-0.2, 0) is 9.53 Å². The number of nitrogens with two attached hydrogens (primary N) is 1. The summed E-state index contributed by atoms with van der Waals surface area (Å²) >= 11 is 0. The minimum Gasteiger partial charge on any atom is -0.453 e. The highest BCUT2D eigenvalue weighted by atomic mass is 19.1. The molecular weight excluding hydrogens is 449 g/mol. The van der Waals surface area contributed by atoms with Crippen LogP contribution in [0.2, 0.25) is 0 Å². The Bertz CT molecular complexity index is 1210. The van der Waals surface area contributed by atoms with Crippen LogP contribution < -0.4 is 11.1 Å². The van der Waals surface area contributed by atoms with Gasteiger partial charge in [0.15, 0.2) is 0 Å². The lowest BCUT2D eigenvalue weighted by atomic mass is 10.0. The van der Waals surface area contributed by atoms with Gasteiger partial charge in [0.2, 0.25) is 5.91 Å². The first-order chi connectivity index (χ1) is 16.8. The maximum Gasteiger partial charge on any atom is 0.407 e. The third-order valence-electron chi connectivity index (χ3n) is 6.33. The normalized spacial score (nSPS) is 16.4. The molecule has 1 aliphatic heterocycles. The Balaban J connectivity index is 1.52. The number of nitrogens with zero attached hydrogens (tertiary/aromatic N) is 2. The first kappa shape index (κ1) is 24.3. The van der Waals surface area contributed by atoms with E-state index in [2.05, 4.69) is 10.3 Å². The minimum atomic E-state index is -0.682. The number of carbonyl (C=O) groups excluding carboxylic acids is 2. The molecule has 9 heteroatoms. The predicted octanol–water partition coefficient (Wildman–Crippen LogP) is 4.51. The smallest absolute Gasteiger partial charge is 0.407 e. The number of imidazole rings is 1. The molecule has 2 aromatic carbocycles. The highest BCUT2D eigenvalue weighted by Crippen LogP contribution is 2.33. The number of halogens is 1. The number of alkyl carbamates (subject to hydrolysis) is 1. The van der Waals surface area contributed by atoms with E-state index in [0.717, 1.165) is 29.7 Å². The van der Waals surface area contributed by atoms with Crippen molar-refractivity contribution in [3.8, 4) is 22.4 Å². The van der Waals surface area contributed by atoms with Gasteiger partial charge < -0.3 is 25.7 Å². The zero-order valence-corrected chi connectivity index (χ0v) is 20.0. The number of ether oxygens (including phenoxy) is 1. The average Bonchev–Trinajstić information content (AvgIpc) is 3.52. The molecular formula is C26H30FN5O3. The second-order valence-corrected chi connectivity index (χ2v) is 9.03. The van der Waals surface area contributed by atoms with Gasteiger partial charge in [0.05, 0.1) is 18.8 Å². The van der Waals surface area contributed by atoms with E-state index in [0.29, 0.717) is 23.6 Å². The molecule has 184 valence electrons. The van der Waals surface area contributed by atoms with E-state index in [9.17, 15) is 14.0 Å². The van der Waals surface area contributed by atoms with Crippen LogP contribution in [0.1, 0.15) is 38.6 Å². The molecule has 3 aromatic rings. The van der Waals surface area contributed by atoms with Crippen molar-refractivity contribution in [3.05, 3.63) is 60.3 Å².